The minimum atomic E-state index is -4.11. The standard InChI is InChI=1S/C10H9N3O5S/c11-6-1-2-7(10(14)15)8(5-6)19(16,17)13-9-3-4-18-12-9/h1-5H,11H2,(H,12,13)(H,14,15). The minimum absolute atomic E-state index is 0.0567. The van der Waals surface area contributed by atoms with Gasteiger partial charge in [-0.05, 0) is 18.2 Å². The average Bonchev–Trinajstić information content (AvgIpc) is 2.80. The maximum Gasteiger partial charge on any atom is 0.337 e. The maximum absolute atomic E-state index is 12.1. The van der Waals surface area contributed by atoms with Gasteiger partial charge in [0.25, 0.3) is 10.0 Å². The number of nitrogens with zero attached hydrogens (tertiary/aromatic N) is 1. The first-order chi connectivity index (χ1) is 8.90. The number of carboxylic acids is 1. The van der Waals surface area contributed by atoms with Crippen molar-refractivity contribution >= 4 is 27.5 Å². The fourth-order valence-corrected chi connectivity index (χ4v) is 2.62. The van der Waals surface area contributed by atoms with Gasteiger partial charge in [-0.2, -0.15) is 0 Å². The Hall–Kier alpha value is -2.55. The summed E-state index contributed by atoms with van der Waals surface area (Å²) in [5.74, 6) is -1.43. The van der Waals surface area contributed by atoms with E-state index in [1.807, 2.05) is 0 Å². The Morgan fingerprint density at radius 3 is 2.68 bits per heavy atom. The Morgan fingerprint density at radius 2 is 2.11 bits per heavy atom. The highest BCUT2D eigenvalue weighted by atomic mass is 32.2. The summed E-state index contributed by atoms with van der Waals surface area (Å²) in [7, 11) is -4.11. The molecule has 2 aromatic rings. The molecule has 9 heteroatoms. The molecule has 2 rings (SSSR count). The van der Waals surface area contributed by atoms with Crippen LogP contribution in [0.4, 0.5) is 11.5 Å². The molecule has 0 spiro atoms. The molecule has 0 fully saturated rings. The number of carbonyl (C=O) groups is 1. The van der Waals surface area contributed by atoms with Crippen LogP contribution in [0.3, 0.4) is 0 Å². The van der Waals surface area contributed by atoms with Crippen molar-refractivity contribution in [3.05, 3.63) is 36.1 Å². The summed E-state index contributed by atoms with van der Waals surface area (Å²) in [5, 5.41) is 12.4. The largest absolute Gasteiger partial charge is 0.478 e. The predicted octanol–water partition coefficient (Wildman–Crippen LogP) is 0.756. The van der Waals surface area contributed by atoms with Crippen molar-refractivity contribution in [3.63, 3.8) is 0 Å². The first kappa shape index (κ1) is 12.9. The van der Waals surface area contributed by atoms with Crippen LogP contribution in [-0.4, -0.2) is 24.7 Å². The van der Waals surface area contributed by atoms with E-state index < -0.39 is 20.9 Å². The second-order valence-corrected chi connectivity index (χ2v) is 5.20. The second kappa shape index (κ2) is 4.61. The van der Waals surface area contributed by atoms with Crippen LogP contribution in [0.25, 0.3) is 0 Å². The molecule has 0 atom stereocenters. The van der Waals surface area contributed by atoms with E-state index in [1.54, 1.807) is 0 Å². The number of aromatic carboxylic acids is 1. The van der Waals surface area contributed by atoms with Gasteiger partial charge in [-0.3, -0.25) is 4.72 Å². The number of nitrogen functional groups attached to an aromatic ring is 1. The van der Waals surface area contributed by atoms with Crippen molar-refractivity contribution < 1.29 is 22.8 Å². The Balaban J connectivity index is 2.50. The average molecular weight is 283 g/mol. The van der Waals surface area contributed by atoms with Crippen molar-refractivity contribution in [3.8, 4) is 0 Å². The number of sulfonamides is 1. The summed E-state index contributed by atoms with van der Waals surface area (Å²) >= 11 is 0. The van der Waals surface area contributed by atoms with Gasteiger partial charge in [0.15, 0.2) is 5.82 Å². The highest BCUT2D eigenvalue weighted by molar-refractivity contribution is 7.92. The van der Waals surface area contributed by atoms with E-state index in [0.29, 0.717) is 0 Å². The van der Waals surface area contributed by atoms with Crippen LogP contribution in [0.15, 0.2) is 39.9 Å². The van der Waals surface area contributed by atoms with Crippen molar-refractivity contribution in [2.45, 2.75) is 4.90 Å². The van der Waals surface area contributed by atoms with Crippen LogP contribution < -0.4 is 10.5 Å². The van der Waals surface area contributed by atoms with E-state index in [4.69, 9.17) is 10.8 Å². The van der Waals surface area contributed by atoms with Crippen LogP contribution >= 0.6 is 0 Å². The van der Waals surface area contributed by atoms with Crippen LogP contribution in [0.2, 0.25) is 0 Å². The van der Waals surface area contributed by atoms with E-state index >= 15 is 0 Å². The van der Waals surface area contributed by atoms with Gasteiger partial charge in [0, 0.05) is 11.8 Å². The van der Waals surface area contributed by atoms with E-state index in [1.165, 1.54) is 18.4 Å². The third-order valence-corrected chi connectivity index (χ3v) is 3.60. The summed E-state index contributed by atoms with van der Waals surface area (Å²) < 4.78 is 30.7. The predicted molar refractivity (Wildman–Crippen MR) is 65.1 cm³/mol. The summed E-state index contributed by atoms with van der Waals surface area (Å²) in [6.07, 6.45) is 1.18. The van der Waals surface area contributed by atoms with Crippen LogP contribution in [0, 0.1) is 0 Å². The SMILES string of the molecule is Nc1ccc(C(=O)O)c(S(=O)(=O)Nc2ccon2)c1. The molecule has 0 unspecified atom stereocenters. The molecule has 0 aliphatic carbocycles. The molecule has 0 aliphatic heterocycles. The number of nitrogens with one attached hydrogen (secondary N) is 1. The molecule has 19 heavy (non-hydrogen) atoms. The van der Waals surface area contributed by atoms with Gasteiger partial charge in [-0.15, -0.1) is 0 Å². The Morgan fingerprint density at radius 1 is 1.37 bits per heavy atom. The number of carboxylic acid groups (broad SMARTS) is 1. The molecule has 0 saturated heterocycles. The van der Waals surface area contributed by atoms with Gasteiger partial charge in [-0.1, -0.05) is 5.16 Å². The molecule has 8 nitrogen and oxygen atoms in total. The van der Waals surface area contributed by atoms with Gasteiger partial charge in [0.2, 0.25) is 0 Å². The Bertz CT molecular complexity index is 709. The summed E-state index contributed by atoms with van der Waals surface area (Å²) in [4.78, 5) is 10.6. The highest BCUT2D eigenvalue weighted by Gasteiger charge is 2.23. The van der Waals surface area contributed by atoms with Crippen molar-refractivity contribution in [2.24, 2.45) is 0 Å². The lowest BCUT2D eigenvalue weighted by Crippen LogP contribution is -2.17. The van der Waals surface area contributed by atoms with Crippen LogP contribution in [-0.2, 0) is 10.0 Å². The second-order valence-electron chi connectivity index (χ2n) is 3.55. The van der Waals surface area contributed by atoms with Gasteiger partial charge in [-0.25, -0.2) is 13.2 Å². The first-order valence-corrected chi connectivity index (χ1v) is 6.44. The number of aromatic nitrogens is 1. The van der Waals surface area contributed by atoms with Gasteiger partial charge in [0.05, 0.1) is 5.56 Å². The van der Waals surface area contributed by atoms with Crippen molar-refractivity contribution in [1.29, 1.82) is 0 Å². The summed E-state index contributed by atoms with van der Waals surface area (Å²) in [6.45, 7) is 0. The lowest BCUT2D eigenvalue weighted by Gasteiger charge is -2.08. The smallest absolute Gasteiger partial charge is 0.337 e. The van der Waals surface area contributed by atoms with E-state index in [2.05, 4.69) is 14.4 Å². The van der Waals surface area contributed by atoms with E-state index in [-0.39, 0.29) is 17.1 Å². The lowest BCUT2D eigenvalue weighted by molar-refractivity contribution is 0.0692. The fourth-order valence-electron chi connectivity index (χ4n) is 1.40. The molecule has 0 radical (unpaired) electrons. The van der Waals surface area contributed by atoms with Crippen LogP contribution in [0.5, 0.6) is 0 Å². The fraction of sp³-hybridized carbons (Fsp3) is 0. The number of hydrogen-bond donors (Lipinski definition) is 3. The molecule has 1 aromatic heterocycles. The zero-order chi connectivity index (χ0) is 14.0. The number of rotatable bonds is 4. The molecule has 0 aliphatic rings. The minimum Gasteiger partial charge on any atom is -0.478 e. The molecular formula is C10H9N3O5S. The molecule has 0 saturated carbocycles. The Kier molecular flexibility index (Phi) is 3.13. The number of benzene rings is 1. The number of nitrogens with two attached hydrogens (primary N) is 1. The van der Waals surface area contributed by atoms with Crippen molar-refractivity contribution in [2.75, 3.05) is 10.5 Å². The van der Waals surface area contributed by atoms with E-state index in [9.17, 15) is 13.2 Å². The van der Waals surface area contributed by atoms with E-state index in [0.717, 1.165) is 12.1 Å². The topological polar surface area (TPSA) is 136 Å². The number of anilines is 2. The monoisotopic (exact) mass is 283 g/mol. The first-order valence-electron chi connectivity index (χ1n) is 4.96. The molecule has 0 bridgehead atoms. The lowest BCUT2D eigenvalue weighted by atomic mass is 10.2. The van der Waals surface area contributed by atoms with Crippen molar-refractivity contribution in [1.82, 2.24) is 5.16 Å². The zero-order valence-electron chi connectivity index (χ0n) is 9.40. The quantitative estimate of drug-likeness (QED) is 0.704. The third kappa shape index (κ3) is 2.65. The van der Waals surface area contributed by atoms with Gasteiger partial charge in [0.1, 0.15) is 11.2 Å². The summed E-state index contributed by atoms with van der Waals surface area (Å²) in [6, 6.07) is 4.77. The normalized spacial score (nSPS) is 11.2. The van der Waals surface area contributed by atoms with Gasteiger partial charge < -0.3 is 15.4 Å². The molecule has 4 N–H and O–H groups in total. The third-order valence-electron chi connectivity index (χ3n) is 2.20. The van der Waals surface area contributed by atoms with Crippen LogP contribution in [0.1, 0.15) is 10.4 Å². The molecular weight excluding hydrogens is 274 g/mol. The molecule has 0 amide bonds. The molecule has 1 heterocycles. The highest BCUT2D eigenvalue weighted by Crippen LogP contribution is 2.21. The summed E-state index contributed by atoms with van der Waals surface area (Å²) in [5.41, 5.74) is 5.22. The maximum atomic E-state index is 12.1. The number of hydrogen-bond acceptors (Lipinski definition) is 6. The zero-order valence-corrected chi connectivity index (χ0v) is 10.2. The van der Waals surface area contributed by atoms with Gasteiger partial charge >= 0.3 is 5.97 Å². The Labute approximate surface area is 107 Å². The molecule has 1 aromatic carbocycles. The molecule has 100 valence electrons.